The minimum absolute atomic E-state index is 0.242. The van der Waals surface area contributed by atoms with Crippen LogP contribution in [0, 0.1) is 12.8 Å². The summed E-state index contributed by atoms with van der Waals surface area (Å²) in [7, 11) is 0. The second-order valence-electron chi connectivity index (χ2n) is 3.01. The minimum atomic E-state index is 0.242. The fraction of sp³-hybridized carbons (Fsp3) is 0.857. The van der Waals surface area contributed by atoms with Crippen molar-refractivity contribution in [2.75, 3.05) is 0 Å². The first-order chi connectivity index (χ1) is 3.42. The zero-order chi connectivity index (χ0) is 6.78. The van der Waals surface area contributed by atoms with Gasteiger partial charge in [-0.2, -0.15) is 0 Å². The lowest BCUT2D eigenvalue weighted by atomic mass is 10.0. The van der Waals surface area contributed by atoms with E-state index in [0.717, 1.165) is 5.92 Å². The molecular weight excluding hydrogens is 211 g/mol. The average Bonchev–Trinajstić information content (AvgIpc) is 1.21. The van der Waals surface area contributed by atoms with E-state index in [0.29, 0.717) is 0 Å². The van der Waals surface area contributed by atoms with Gasteiger partial charge in [-0.3, -0.25) is 0 Å². The van der Waals surface area contributed by atoms with Crippen molar-refractivity contribution in [1.29, 1.82) is 0 Å². The maximum Gasteiger partial charge on any atom is 0.0197 e. The van der Waals surface area contributed by atoms with Crippen molar-refractivity contribution >= 4 is 22.6 Å². The molecule has 0 bridgehead atoms. The molecule has 0 nitrogen and oxygen atoms in total. The van der Waals surface area contributed by atoms with Crippen LogP contribution in [0.5, 0.6) is 0 Å². The van der Waals surface area contributed by atoms with Crippen molar-refractivity contribution in [1.82, 2.24) is 0 Å². The minimum Gasteiger partial charge on any atom is -0.0792 e. The van der Waals surface area contributed by atoms with Crippen LogP contribution in [0.2, 0.25) is 0 Å². The van der Waals surface area contributed by atoms with E-state index in [4.69, 9.17) is 0 Å². The van der Waals surface area contributed by atoms with E-state index in [9.17, 15) is 0 Å². The Kier molecular flexibility index (Phi) is 3.32. The highest BCUT2D eigenvalue weighted by molar-refractivity contribution is 14.1. The van der Waals surface area contributed by atoms with E-state index >= 15 is 0 Å². The highest BCUT2D eigenvalue weighted by atomic mass is 127. The Hall–Kier alpha value is 0.730. The van der Waals surface area contributed by atoms with Gasteiger partial charge in [0, 0.05) is 3.42 Å². The van der Waals surface area contributed by atoms with Gasteiger partial charge in [0.15, 0.2) is 0 Å². The molecule has 0 N–H and O–H groups in total. The molecule has 0 aromatic rings. The third-order valence-corrected chi connectivity index (χ3v) is 1.27. The summed E-state index contributed by atoms with van der Waals surface area (Å²) in [5.74, 6) is 0.773. The summed E-state index contributed by atoms with van der Waals surface area (Å²) in [5, 5.41) is 0. The van der Waals surface area contributed by atoms with Crippen LogP contribution in [0.15, 0.2) is 0 Å². The molecule has 0 heterocycles. The zero-order valence-corrected chi connectivity index (χ0v) is 8.03. The summed E-state index contributed by atoms with van der Waals surface area (Å²) in [4.78, 5) is 0. The Morgan fingerprint density at radius 2 is 2.00 bits per heavy atom. The van der Waals surface area contributed by atoms with E-state index in [1.807, 2.05) is 0 Å². The van der Waals surface area contributed by atoms with Crippen LogP contribution in [0.4, 0.5) is 0 Å². The van der Waals surface area contributed by atoms with E-state index in [1.165, 1.54) is 6.42 Å². The van der Waals surface area contributed by atoms with Crippen molar-refractivity contribution in [2.45, 2.75) is 30.6 Å². The Morgan fingerprint density at radius 3 is 2.00 bits per heavy atom. The Labute approximate surface area is 66.2 Å². The molecule has 1 unspecified atom stereocenters. The van der Waals surface area contributed by atoms with E-state index in [2.05, 4.69) is 50.3 Å². The SMILES string of the molecule is [CH2]C(C)(I)CC(C)C. The number of rotatable bonds is 2. The van der Waals surface area contributed by atoms with E-state index < -0.39 is 0 Å². The molecule has 1 heteroatoms. The summed E-state index contributed by atoms with van der Waals surface area (Å²) in [6.45, 7) is 10.6. The molecule has 0 fully saturated rings. The maximum absolute atomic E-state index is 4.00. The van der Waals surface area contributed by atoms with Crippen molar-refractivity contribution in [2.24, 2.45) is 5.92 Å². The molecule has 49 valence electrons. The molecule has 1 radical (unpaired) electrons. The third-order valence-electron chi connectivity index (χ3n) is 0.834. The first-order valence-corrected chi connectivity index (χ1v) is 4.04. The van der Waals surface area contributed by atoms with Gasteiger partial charge in [-0.15, -0.1) is 0 Å². The van der Waals surface area contributed by atoms with Gasteiger partial charge in [-0.25, -0.2) is 0 Å². The first-order valence-electron chi connectivity index (χ1n) is 2.96. The third kappa shape index (κ3) is 6.73. The second kappa shape index (κ2) is 3.04. The summed E-state index contributed by atoms with van der Waals surface area (Å²) >= 11 is 2.38. The molecule has 0 saturated heterocycles. The van der Waals surface area contributed by atoms with Crippen molar-refractivity contribution in [3.63, 3.8) is 0 Å². The van der Waals surface area contributed by atoms with Crippen LogP contribution in [0.25, 0.3) is 0 Å². The molecule has 0 aliphatic heterocycles. The van der Waals surface area contributed by atoms with Gasteiger partial charge >= 0.3 is 0 Å². The van der Waals surface area contributed by atoms with Crippen LogP contribution in [0.3, 0.4) is 0 Å². The molecule has 0 amide bonds. The van der Waals surface area contributed by atoms with Crippen LogP contribution in [-0.2, 0) is 0 Å². The largest absolute Gasteiger partial charge is 0.0792 e. The molecule has 0 aliphatic carbocycles. The van der Waals surface area contributed by atoms with Crippen molar-refractivity contribution < 1.29 is 0 Å². The first kappa shape index (κ1) is 8.73. The van der Waals surface area contributed by atoms with Crippen molar-refractivity contribution in [3.05, 3.63) is 6.92 Å². The highest BCUT2D eigenvalue weighted by Crippen LogP contribution is 2.24. The molecule has 0 saturated carbocycles. The lowest BCUT2D eigenvalue weighted by Gasteiger charge is -2.17. The standard InChI is InChI=1S/C7H14I/c1-6(2)5-7(3,4)8/h6H,3,5H2,1-2,4H3. The molecule has 8 heavy (non-hydrogen) atoms. The summed E-state index contributed by atoms with van der Waals surface area (Å²) in [5.41, 5.74) is 0. The molecule has 0 spiro atoms. The van der Waals surface area contributed by atoms with Crippen LogP contribution in [-0.4, -0.2) is 3.42 Å². The van der Waals surface area contributed by atoms with Crippen LogP contribution >= 0.6 is 22.6 Å². The lowest BCUT2D eigenvalue weighted by molar-refractivity contribution is 0.544. The molecule has 1 atom stereocenters. The quantitative estimate of drug-likeness (QED) is 0.500. The van der Waals surface area contributed by atoms with Gasteiger partial charge in [0.1, 0.15) is 0 Å². The summed E-state index contributed by atoms with van der Waals surface area (Å²) in [6.07, 6.45) is 1.20. The second-order valence-corrected chi connectivity index (χ2v) is 5.62. The zero-order valence-electron chi connectivity index (χ0n) is 5.87. The van der Waals surface area contributed by atoms with Gasteiger partial charge in [-0.05, 0) is 19.3 Å². The van der Waals surface area contributed by atoms with Gasteiger partial charge in [-0.1, -0.05) is 43.4 Å². The molecular formula is C7H14I. The average molecular weight is 225 g/mol. The molecule has 0 aromatic carbocycles. The molecule has 0 rings (SSSR count). The maximum atomic E-state index is 4.00. The van der Waals surface area contributed by atoms with Gasteiger partial charge in [0.05, 0.1) is 0 Å². The van der Waals surface area contributed by atoms with Crippen LogP contribution < -0.4 is 0 Å². The van der Waals surface area contributed by atoms with E-state index in [-0.39, 0.29) is 3.42 Å². The lowest BCUT2D eigenvalue weighted by Crippen LogP contribution is -2.12. The highest BCUT2D eigenvalue weighted by Gasteiger charge is 2.13. The number of hydrogen-bond donors (Lipinski definition) is 0. The predicted octanol–water partition coefficient (Wildman–Crippen LogP) is 3.06. The summed E-state index contributed by atoms with van der Waals surface area (Å²) < 4.78 is 0.242. The predicted molar refractivity (Wildman–Crippen MR) is 47.2 cm³/mol. The number of hydrogen-bond acceptors (Lipinski definition) is 0. The molecule has 0 aromatic heterocycles. The molecule has 0 aliphatic rings. The van der Waals surface area contributed by atoms with Gasteiger partial charge in [0.25, 0.3) is 0 Å². The smallest absolute Gasteiger partial charge is 0.0197 e. The van der Waals surface area contributed by atoms with Gasteiger partial charge < -0.3 is 0 Å². The van der Waals surface area contributed by atoms with E-state index in [1.54, 1.807) is 0 Å². The topological polar surface area (TPSA) is 0 Å². The van der Waals surface area contributed by atoms with Crippen molar-refractivity contribution in [3.8, 4) is 0 Å². The number of alkyl halides is 1. The fourth-order valence-electron chi connectivity index (χ4n) is 0.851. The monoisotopic (exact) mass is 225 g/mol. The van der Waals surface area contributed by atoms with Gasteiger partial charge in [0.2, 0.25) is 0 Å². The normalized spacial score (nSPS) is 12.8. The Morgan fingerprint density at radius 1 is 1.62 bits per heavy atom. The Bertz CT molecular complexity index is 59.3. The number of halogens is 1. The fourth-order valence-corrected chi connectivity index (χ4v) is 1.73. The van der Waals surface area contributed by atoms with Crippen LogP contribution in [0.1, 0.15) is 27.2 Å². The summed E-state index contributed by atoms with van der Waals surface area (Å²) in [6, 6.07) is 0. The Balaban J connectivity index is 3.39.